The predicted molar refractivity (Wildman–Crippen MR) is 60.2 cm³/mol. The molecular formula is C10H7Cl3O2. The van der Waals surface area contributed by atoms with Crippen LogP contribution in [0.1, 0.15) is 5.56 Å². The summed E-state index contributed by atoms with van der Waals surface area (Å²) < 4.78 is 10.7. The molecule has 2 nitrogen and oxygen atoms in total. The minimum atomic E-state index is -1.02. The van der Waals surface area contributed by atoms with Crippen molar-refractivity contribution in [3.63, 3.8) is 0 Å². The van der Waals surface area contributed by atoms with E-state index in [0.29, 0.717) is 15.6 Å². The lowest BCUT2D eigenvalue weighted by molar-refractivity contribution is -0.129. The summed E-state index contributed by atoms with van der Waals surface area (Å²) in [4.78, 5) is 0. The largest absolute Gasteiger partial charge is 0.452 e. The van der Waals surface area contributed by atoms with Crippen LogP contribution in [-0.4, -0.2) is 5.88 Å². The van der Waals surface area contributed by atoms with Gasteiger partial charge in [-0.2, -0.15) is 0 Å². The molecule has 2 rings (SSSR count). The van der Waals surface area contributed by atoms with Crippen LogP contribution in [0.4, 0.5) is 0 Å². The third-order valence-corrected chi connectivity index (χ3v) is 2.99. The SMILES string of the molecule is ClCC1(c2ccc(Cl)cc2Cl)OC=CO1. The van der Waals surface area contributed by atoms with Crippen molar-refractivity contribution < 1.29 is 9.47 Å². The van der Waals surface area contributed by atoms with Crippen molar-refractivity contribution in [3.8, 4) is 0 Å². The molecule has 5 heteroatoms. The first-order valence-corrected chi connectivity index (χ1v) is 5.49. The Balaban J connectivity index is 2.43. The summed E-state index contributed by atoms with van der Waals surface area (Å²) in [5.41, 5.74) is 0.661. The Morgan fingerprint density at radius 2 is 1.80 bits per heavy atom. The highest BCUT2D eigenvalue weighted by molar-refractivity contribution is 6.35. The summed E-state index contributed by atoms with van der Waals surface area (Å²) >= 11 is 17.7. The standard InChI is InChI=1S/C10H7Cl3O2/c11-6-10(14-3-4-15-10)8-2-1-7(12)5-9(8)13/h1-5H,6H2. The number of hydrogen-bond acceptors (Lipinski definition) is 2. The molecule has 15 heavy (non-hydrogen) atoms. The fourth-order valence-corrected chi connectivity index (χ4v) is 2.19. The van der Waals surface area contributed by atoms with E-state index < -0.39 is 5.79 Å². The summed E-state index contributed by atoms with van der Waals surface area (Å²) in [6.45, 7) is 0. The van der Waals surface area contributed by atoms with Gasteiger partial charge in [0.25, 0.3) is 5.79 Å². The number of hydrogen-bond donors (Lipinski definition) is 0. The van der Waals surface area contributed by atoms with E-state index in [2.05, 4.69) is 0 Å². The van der Waals surface area contributed by atoms with Gasteiger partial charge < -0.3 is 9.47 Å². The van der Waals surface area contributed by atoms with Crippen molar-refractivity contribution in [1.29, 1.82) is 0 Å². The first kappa shape index (κ1) is 10.9. The van der Waals surface area contributed by atoms with Crippen LogP contribution >= 0.6 is 34.8 Å². The molecule has 0 aliphatic carbocycles. The molecule has 0 N–H and O–H groups in total. The highest BCUT2D eigenvalue weighted by Gasteiger charge is 2.39. The van der Waals surface area contributed by atoms with E-state index in [-0.39, 0.29) is 5.88 Å². The second kappa shape index (κ2) is 4.12. The van der Waals surface area contributed by atoms with Crippen LogP contribution < -0.4 is 0 Å². The smallest absolute Gasteiger partial charge is 0.291 e. The van der Waals surface area contributed by atoms with Crippen LogP contribution in [0.3, 0.4) is 0 Å². The van der Waals surface area contributed by atoms with Gasteiger partial charge in [0.15, 0.2) is 0 Å². The Morgan fingerprint density at radius 1 is 1.13 bits per heavy atom. The van der Waals surface area contributed by atoms with E-state index in [1.807, 2.05) is 0 Å². The summed E-state index contributed by atoms with van der Waals surface area (Å²) in [6, 6.07) is 5.07. The van der Waals surface area contributed by atoms with Gasteiger partial charge >= 0.3 is 0 Å². The summed E-state index contributed by atoms with van der Waals surface area (Å²) in [7, 11) is 0. The zero-order valence-electron chi connectivity index (χ0n) is 7.54. The summed E-state index contributed by atoms with van der Waals surface area (Å²) in [6.07, 6.45) is 2.88. The van der Waals surface area contributed by atoms with Crippen molar-refractivity contribution in [3.05, 3.63) is 46.3 Å². The normalized spacial score (nSPS) is 17.3. The van der Waals surface area contributed by atoms with Gasteiger partial charge in [-0.05, 0) is 18.2 Å². The van der Waals surface area contributed by atoms with Gasteiger partial charge in [0.1, 0.15) is 18.4 Å². The monoisotopic (exact) mass is 264 g/mol. The minimum Gasteiger partial charge on any atom is -0.452 e. The van der Waals surface area contributed by atoms with Gasteiger partial charge in [0.05, 0.1) is 10.6 Å². The zero-order chi connectivity index (χ0) is 10.9. The van der Waals surface area contributed by atoms with Gasteiger partial charge in [-0.1, -0.05) is 23.2 Å². The molecule has 0 bridgehead atoms. The molecule has 80 valence electrons. The average molecular weight is 266 g/mol. The number of benzene rings is 1. The molecule has 1 aliphatic rings. The molecule has 0 fully saturated rings. The van der Waals surface area contributed by atoms with Crippen molar-refractivity contribution in [1.82, 2.24) is 0 Å². The Kier molecular flexibility index (Phi) is 3.01. The van der Waals surface area contributed by atoms with Crippen molar-refractivity contribution in [2.75, 3.05) is 5.88 Å². The maximum absolute atomic E-state index is 6.05. The van der Waals surface area contributed by atoms with Crippen LogP contribution in [0.5, 0.6) is 0 Å². The van der Waals surface area contributed by atoms with Crippen molar-refractivity contribution in [2.24, 2.45) is 0 Å². The molecular weight excluding hydrogens is 258 g/mol. The number of alkyl halides is 1. The van der Waals surface area contributed by atoms with Crippen molar-refractivity contribution in [2.45, 2.75) is 5.79 Å². The van der Waals surface area contributed by atoms with E-state index in [9.17, 15) is 0 Å². The highest BCUT2D eigenvalue weighted by atomic mass is 35.5. The lowest BCUT2D eigenvalue weighted by atomic mass is 10.1. The van der Waals surface area contributed by atoms with E-state index in [1.165, 1.54) is 12.5 Å². The number of rotatable bonds is 2. The topological polar surface area (TPSA) is 18.5 Å². The molecule has 1 aliphatic heterocycles. The molecule has 0 atom stereocenters. The van der Waals surface area contributed by atoms with Crippen LogP contribution in [-0.2, 0) is 15.3 Å². The molecule has 1 heterocycles. The number of ether oxygens (including phenoxy) is 2. The zero-order valence-corrected chi connectivity index (χ0v) is 9.81. The average Bonchev–Trinajstić information content (AvgIpc) is 2.67. The maximum atomic E-state index is 6.05. The van der Waals surface area contributed by atoms with E-state index in [0.717, 1.165) is 0 Å². The fraction of sp³-hybridized carbons (Fsp3) is 0.200. The minimum absolute atomic E-state index is 0.140. The fourth-order valence-electron chi connectivity index (χ4n) is 1.36. The van der Waals surface area contributed by atoms with Gasteiger partial charge in [-0.15, -0.1) is 11.6 Å². The molecule has 0 saturated carbocycles. The molecule has 0 unspecified atom stereocenters. The molecule has 1 aromatic rings. The first-order valence-electron chi connectivity index (χ1n) is 4.20. The molecule has 0 radical (unpaired) electrons. The summed E-state index contributed by atoms with van der Waals surface area (Å²) in [5.74, 6) is -0.884. The third kappa shape index (κ3) is 1.89. The Bertz CT molecular complexity index is 396. The molecule has 0 amide bonds. The third-order valence-electron chi connectivity index (χ3n) is 2.09. The van der Waals surface area contributed by atoms with Gasteiger partial charge in [0.2, 0.25) is 0 Å². The lowest BCUT2D eigenvalue weighted by Gasteiger charge is -2.26. The Morgan fingerprint density at radius 3 is 2.33 bits per heavy atom. The second-order valence-corrected chi connectivity index (χ2v) is 4.13. The van der Waals surface area contributed by atoms with Crippen LogP contribution in [0, 0.1) is 0 Å². The van der Waals surface area contributed by atoms with Crippen LogP contribution in [0.2, 0.25) is 10.0 Å². The van der Waals surface area contributed by atoms with Crippen molar-refractivity contribution >= 4 is 34.8 Å². The van der Waals surface area contributed by atoms with Gasteiger partial charge in [0, 0.05) is 5.02 Å². The second-order valence-electron chi connectivity index (χ2n) is 3.02. The van der Waals surface area contributed by atoms with E-state index in [1.54, 1.807) is 18.2 Å². The molecule has 0 saturated heterocycles. The van der Waals surface area contributed by atoms with Gasteiger partial charge in [-0.3, -0.25) is 0 Å². The molecule has 1 aromatic carbocycles. The van der Waals surface area contributed by atoms with Crippen LogP contribution in [0.15, 0.2) is 30.7 Å². The van der Waals surface area contributed by atoms with E-state index in [4.69, 9.17) is 44.3 Å². The quantitative estimate of drug-likeness (QED) is 0.755. The van der Waals surface area contributed by atoms with Crippen LogP contribution in [0.25, 0.3) is 0 Å². The Labute approximate surface area is 102 Å². The van der Waals surface area contributed by atoms with Gasteiger partial charge in [-0.25, -0.2) is 0 Å². The first-order chi connectivity index (χ1) is 7.18. The predicted octanol–water partition coefficient (Wildman–Crippen LogP) is 3.90. The maximum Gasteiger partial charge on any atom is 0.291 e. The Hall–Kier alpha value is -0.570. The van der Waals surface area contributed by atoms with E-state index >= 15 is 0 Å². The lowest BCUT2D eigenvalue weighted by Crippen LogP contribution is -2.29. The molecule has 0 aromatic heterocycles. The highest BCUT2D eigenvalue weighted by Crippen LogP contribution is 2.38. The number of halogens is 3. The molecule has 0 spiro atoms. The summed E-state index contributed by atoms with van der Waals surface area (Å²) in [5, 5.41) is 1.02.